The van der Waals surface area contributed by atoms with Crippen LogP contribution in [0.4, 0.5) is 0 Å². The second-order valence-corrected chi connectivity index (χ2v) is 10.9. The summed E-state index contributed by atoms with van der Waals surface area (Å²) in [5.74, 6) is 1.07. The Hall–Kier alpha value is -3.68. The van der Waals surface area contributed by atoms with E-state index >= 15 is 0 Å². The van der Waals surface area contributed by atoms with Gasteiger partial charge in [0.1, 0.15) is 16.7 Å². The minimum absolute atomic E-state index is 0.0493. The number of hydrogen-bond donors (Lipinski definition) is 0. The van der Waals surface area contributed by atoms with Gasteiger partial charge >= 0.3 is 0 Å². The van der Waals surface area contributed by atoms with Gasteiger partial charge in [-0.1, -0.05) is 86.4 Å². The van der Waals surface area contributed by atoms with Gasteiger partial charge in [0.25, 0.3) is 5.91 Å². The third-order valence-corrected chi connectivity index (χ3v) is 7.23. The van der Waals surface area contributed by atoms with Gasteiger partial charge < -0.3 is 4.74 Å². The van der Waals surface area contributed by atoms with Crippen LogP contribution in [0.25, 0.3) is 23.0 Å². The lowest BCUT2D eigenvalue weighted by Crippen LogP contribution is -2.31. The second kappa shape index (κ2) is 11.2. The lowest BCUT2D eigenvalue weighted by Gasteiger charge is -2.16. The predicted octanol–water partition coefficient (Wildman–Crippen LogP) is 6.98. The molecule has 37 heavy (non-hydrogen) atoms. The van der Waals surface area contributed by atoms with Crippen LogP contribution in [-0.2, 0) is 11.4 Å². The van der Waals surface area contributed by atoms with E-state index in [1.807, 2.05) is 102 Å². The van der Waals surface area contributed by atoms with Crippen molar-refractivity contribution in [3.63, 3.8) is 0 Å². The standard InChI is InChI=1S/C30H27N3O2S2/c1-21(2)18-32-29(34)27(37-30(32)36)17-24-19-33(25-11-7-4-8-12-25)31-28(24)23-13-15-26(16-14-23)35-20-22-9-5-3-6-10-22/h3-17,19,21H,18,20H2,1-2H3/b27-17+. The molecular formula is C30H27N3O2S2. The summed E-state index contributed by atoms with van der Waals surface area (Å²) < 4.78 is 8.40. The summed E-state index contributed by atoms with van der Waals surface area (Å²) in [6.45, 7) is 5.28. The van der Waals surface area contributed by atoms with Crippen LogP contribution in [0.3, 0.4) is 0 Å². The fourth-order valence-electron chi connectivity index (χ4n) is 4.04. The van der Waals surface area contributed by atoms with Gasteiger partial charge in [-0.2, -0.15) is 5.10 Å². The maximum atomic E-state index is 13.1. The molecule has 0 bridgehead atoms. The fourth-order valence-corrected chi connectivity index (χ4v) is 5.31. The summed E-state index contributed by atoms with van der Waals surface area (Å²) in [5, 5.41) is 4.89. The number of nitrogens with zero attached hydrogens (tertiary/aromatic N) is 3. The molecule has 1 aliphatic heterocycles. The van der Waals surface area contributed by atoms with Gasteiger partial charge in [-0.15, -0.1) is 0 Å². The number of amides is 1. The van der Waals surface area contributed by atoms with E-state index in [0.717, 1.165) is 33.8 Å². The zero-order valence-electron chi connectivity index (χ0n) is 20.7. The summed E-state index contributed by atoms with van der Waals surface area (Å²) >= 11 is 6.85. The summed E-state index contributed by atoms with van der Waals surface area (Å²) in [5.41, 5.74) is 4.63. The van der Waals surface area contributed by atoms with Crippen molar-refractivity contribution in [3.05, 3.63) is 107 Å². The van der Waals surface area contributed by atoms with Crippen LogP contribution >= 0.6 is 24.0 Å². The third-order valence-electron chi connectivity index (χ3n) is 5.85. The number of carbonyl (C=O) groups is 1. The fraction of sp³-hybridized carbons (Fsp3) is 0.167. The van der Waals surface area contributed by atoms with Gasteiger partial charge in [-0.05, 0) is 54.0 Å². The first-order valence-corrected chi connectivity index (χ1v) is 13.4. The van der Waals surface area contributed by atoms with Crippen molar-refractivity contribution < 1.29 is 9.53 Å². The average molecular weight is 526 g/mol. The Bertz CT molecular complexity index is 1430. The van der Waals surface area contributed by atoms with Crippen LogP contribution in [0.15, 0.2) is 96.0 Å². The number of rotatable bonds is 8. The first-order valence-electron chi connectivity index (χ1n) is 12.2. The van der Waals surface area contributed by atoms with Gasteiger partial charge in [0.15, 0.2) is 0 Å². The quantitative estimate of drug-likeness (QED) is 0.184. The van der Waals surface area contributed by atoms with Crippen LogP contribution in [-0.4, -0.2) is 31.5 Å². The second-order valence-electron chi connectivity index (χ2n) is 9.20. The summed E-state index contributed by atoms with van der Waals surface area (Å²) in [6.07, 6.45) is 3.86. The summed E-state index contributed by atoms with van der Waals surface area (Å²) in [4.78, 5) is 15.4. The minimum atomic E-state index is -0.0493. The van der Waals surface area contributed by atoms with Gasteiger partial charge in [0.05, 0.1) is 16.3 Å². The summed E-state index contributed by atoms with van der Waals surface area (Å²) in [7, 11) is 0. The van der Waals surface area contributed by atoms with Crippen molar-refractivity contribution in [1.82, 2.24) is 14.7 Å². The van der Waals surface area contributed by atoms with E-state index in [9.17, 15) is 4.79 Å². The molecule has 3 aromatic carbocycles. The predicted molar refractivity (Wildman–Crippen MR) is 154 cm³/mol. The van der Waals surface area contributed by atoms with Crippen molar-refractivity contribution in [2.45, 2.75) is 20.5 Å². The Morgan fingerprint density at radius 3 is 2.32 bits per heavy atom. The SMILES string of the molecule is CC(C)CN1C(=O)/C(=C\c2cn(-c3ccccc3)nc2-c2ccc(OCc3ccccc3)cc2)SC1=S. The van der Waals surface area contributed by atoms with E-state index in [1.54, 1.807) is 4.90 Å². The first-order chi connectivity index (χ1) is 18.0. The lowest BCUT2D eigenvalue weighted by molar-refractivity contribution is -0.122. The Labute approximate surface area is 226 Å². The van der Waals surface area contributed by atoms with E-state index in [0.29, 0.717) is 28.3 Å². The molecule has 0 atom stereocenters. The number of benzene rings is 3. The highest BCUT2D eigenvalue weighted by Crippen LogP contribution is 2.35. The van der Waals surface area contributed by atoms with Crippen molar-refractivity contribution in [1.29, 1.82) is 0 Å². The highest BCUT2D eigenvalue weighted by Gasteiger charge is 2.32. The van der Waals surface area contributed by atoms with Crippen molar-refractivity contribution >= 4 is 40.3 Å². The monoisotopic (exact) mass is 525 g/mol. The molecule has 186 valence electrons. The number of ether oxygens (including phenoxy) is 1. The molecule has 2 heterocycles. The van der Waals surface area contributed by atoms with Crippen molar-refractivity contribution in [2.24, 2.45) is 5.92 Å². The molecule has 0 unspecified atom stereocenters. The molecule has 0 spiro atoms. The number of carbonyl (C=O) groups excluding carboxylic acids is 1. The van der Waals surface area contributed by atoms with Gasteiger partial charge in [-0.25, -0.2) is 4.68 Å². The minimum Gasteiger partial charge on any atom is -0.489 e. The molecule has 5 nitrogen and oxygen atoms in total. The van der Waals surface area contributed by atoms with Crippen LogP contribution in [0.5, 0.6) is 5.75 Å². The molecule has 0 saturated carbocycles. The number of thiocarbonyl (C=S) groups is 1. The van der Waals surface area contributed by atoms with E-state index < -0.39 is 0 Å². The van der Waals surface area contributed by atoms with Gasteiger partial charge in [0, 0.05) is 23.9 Å². The number of aromatic nitrogens is 2. The Kier molecular flexibility index (Phi) is 7.53. The largest absolute Gasteiger partial charge is 0.489 e. The smallest absolute Gasteiger partial charge is 0.266 e. The Balaban J connectivity index is 1.45. The third kappa shape index (κ3) is 5.84. The van der Waals surface area contributed by atoms with Gasteiger partial charge in [-0.3, -0.25) is 9.69 Å². The molecule has 0 N–H and O–H groups in total. The van der Waals surface area contributed by atoms with E-state index in [-0.39, 0.29) is 5.91 Å². The van der Waals surface area contributed by atoms with Crippen LogP contribution in [0, 0.1) is 5.92 Å². The molecule has 4 aromatic rings. The van der Waals surface area contributed by atoms with E-state index in [2.05, 4.69) is 13.8 Å². The first kappa shape index (κ1) is 25.0. The molecule has 5 rings (SSSR count). The Morgan fingerprint density at radius 1 is 0.973 bits per heavy atom. The topological polar surface area (TPSA) is 47.4 Å². The van der Waals surface area contributed by atoms with Crippen molar-refractivity contribution in [2.75, 3.05) is 6.54 Å². The van der Waals surface area contributed by atoms with E-state index in [1.165, 1.54) is 11.8 Å². The van der Waals surface area contributed by atoms with Crippen LogP contribution < -0.4 is 4.74 Å². The zero-order valence-corrected chi connectivity index (χ0v) is 22.3. The molecule has 7 heteroatoms. The normalized spacial score (nSPS) is 14.7. The lowest BCUT2D eigenvalue weighted by atomic mass is 10.1. The molecule has 1 saturated heterocycles. The molecule has 0 radical (unpaired) electrons. The highest BCUT2D eigenvalue weighted by molar-refractivity contribution is 8.26. The molecular weight excluding hydrogens is 498 g/mol. The van der Waals surface area contributed by atoms with Crippen LogP contribution in [0.1, 0.15) is 25.0 Å². The molecule has 1 amide bonds. The zero-order chi connectivity index (χ0) is 25.8. The number of thioether (sulfide) groups is 1. The maximum absolute atomic E-state index is 13.1. The molecule has 1 aromatic heterocycles. The van der Waals surface area contributed by atoms with Crippen molar-refractivity contribution in [3.8, 4) is 22.7 Å². The molecule has 1 fully saturated rings. The van der Waals surface area contributed by atoms with E-state index in [4.69, 9.17) is 22.1 Å². The Morgan fingerprint density at radius 2 is 1.65 bits per heavy atom. The summed E-state index contributed by atoms with van der Waals surface area (Å²) in [6, 6.07) is 27.9. The average Bonchev–Trinajstić information content (AvgIpc) is 3.45. The molecule has 1 aliphatic rings. The maximum Gasteiger partial charge on any atom is 0.266 e. The van der Waals surface area contributed by atoms with Gasteiger partial charge in [0.2, 0.25) is 0 Å². The number of hydrogen-bond acceptors (Lipinski definition) is 5. The highest BCUT2D eigenvalue weighted by atomic mass is 32.2. The number of para-hydroxylation sites is 1. The molecule has 0 aliphatic carbocycles. The van der Waals surface area contributed by atoms with Crippen LogP contribution in [0.2, 0.25) is 0 Å².